The van der Waals surface area contributed by atoms with Gasteiger partial charge in [0.15, 0.2) is 0 Å². The number of benzene rings is 1. The van der Waals surface area contributed by atoms with E-state index in [1.165, 1.54) is 17.5 Å². The monoisotopic (exact) mass is 273 g/mol. The summed E-state index contributed by atoms with van der Waals surface area (Å²) in [6.45, 7) is 3.66. The van der Waals surface area contributed by atoms with Gasteiger partial charge in [-0.15, -0.1) is 0 Å². The highest BCUT2D eigenvalue weighted by molar-refractivity contribution is 5.99. The van der Waals surface area contributed by atoms with Gasteiger partial charge >= 0.3 is 5.97 Å². The van der Waals surface area contributed by atoms with E-state index in [0.29, 0.717) is 0 Å². The molecule has 2 aliphatic rings. The summed E-state index contributed by atoms with van der Waals surface area (Å²) >= 11 is 0. The van der Waals surface area contributed by atoms with Gasteiger partial charge in [-0.25, -0.2) is 0 Å². The van der Waals surface area contributed by atoms with Crippen LogP contribution in [0.4, 0.5) is 5.69 Å². The van der Waals surface area contributed by atoms with Crippen LogP contribution in [0.5, 0.6) is 0 Å². The molecule has 1 fully saturated rings. The lowest BCUT2D eigenvalue weighted by molar-refractivity contribution is -0.140. The van der Waals surface area contributed by atoms with Crippen LogP contribution >= 0.6 is 0 Å². The molecule has 2 aliphatic carbocycles. The van der Waals surface area contributed by atoms with Crippen LogP contribution in [-0.4, -0.2) is 17.0 Å². The molecule has 106 valence electrons. The van der Waals surface area contributed by atoms with Gasteiger partial charge in [0.2, 0.25) is 5.91 Å². The van der Waals surface area contributed by atoms with Crippen molar-refractivity contribution in [2.75, 3.05) is 5.32 Å². The Hall–Kier alpha value is -1.84. The number of aryl methyl sites for hydroxylation is 2. The van der Waals surface area contributed by atoms with E-state index in [9.17, 15) is 9.59 Å². The smallest absolute Gasteiger partial charge is 0.307 e. The fourth-order valence-corrected chi connectivity index (χ4v) is 3.46. The first-order chi connectivity index (χ1) is 9.41. The van der Waals surface area contributed by atoms with E-state index in [0.717, 1.165) is 18.5 Å². The standard InChI is InChI=1S/C16H19NO3/c1-16(2)12(13(16)15(19)20)14(18)17-11-7-6-9-4-3-5-10(9)8-11/h6-8,12-13H,3-5H2,1-2H3,(H,17,18)(H,19,20). The molecule has 4 nitrogen and oxygen atoms in total. The van der Waals surface area contributed by atoms with Crippen molar-refractivity contribution in [3.05, 3.63) is 29.3 Å². The van der Waals surface area contributed by atoms with Gasteiger partial charge in [-0.1, -0.05) is 19.9 Å². The first-order valence-electron chi connectivity index (χ1n) is 7.07. The van der Waals surface area contributed by atoms with Crippen LogP contribution in [0.25, 0.3) is 0 Å². The maximum absolute atomic E-state index is 12.2. The fourth-order valence-electron chi connectivity index (χ4n) is 3.46. The van der Waals surface area contributed by atoms with Crippen molar-refractivity contribution in [3.8, 4) is 0 Å². The van der Waals surface area contributed by atoms with Crippen LogP contribution in [0.3, 0.4) is 0 Å². The highest BCUT2D eigenvalue weighted by Gasteiger charge is 2.65. The van der Waals surface area contributed by atoms with Gasteiger partial charge in [-0.3, -0.25) is 9.59 Å². The van der Waals surface area contributed by atoms with Crippen molar-refractivity contribution in [2.45, 2.75) is 33.1 Å². The Kier molecular flexibility index (Phi) is 2.85. The maximum Gasteiger partial charge on any atom is 0.307 e. The Morgan fingerprint density at radius 1 is 1.20 bits per heavy atom. The Balaban J connectivity index is 1.73. The van der Waals surface area contributed by atoms with Crippen molar-refractivity contribution >= 4 is 17.6 Å². The number of hydrogen-bond donors (Lipinski definition) is 2. The second-order valence-corrected chi connectivity index (χ2v) is 6.44. The largest absolute Gasteiger partial charge is 0.481 e. The topological polar surface area (TPSA) is 66.4 Å². The van der Waals surface area contributed by atoms with Crippen LogP contribution in [-0.2, 0) is 22.4 Å². The number of aliphatic carboxylic acids is 1. The summed E-state index contributed by atoms with van der Waals surface area (Å²) in [6, 6.07) is 5.99. The lowest BCUT2D eigenvalue weighted by Gasteiger charge is -2.08. The Labute approximate surface area is 118 Å². The van der Waals surface area contributed by atoms with Crippen molar-refractivity contribution in [2.24, 2.45) is 17.3 Å². The number of rotatable bonds is 3. The number of carbonyl (C=O) groups is 2. The van der Waals surface area contributed by atoms with Crippen molar-refractivity contribution in [3.63, 3.8) is 0 Å². The summed E-state index contributed by atoms with van der Waals surface area (Å²) in [5.41, 5.74) is 2.99. The summed E-state index contributed by atoms with van der Waals surface area (Å²) in [7, 11) is 0. The molecule has 20 heavy (non-hydrogen) atoms. The first kappa shape index (κ1) is 13.2. The first-order valence-corrected chi connectivity index (χ1v) is 7.07. The molecule has 1 aromatic carbocycles. The average Bonchev–Trinajstić information content (AvgIpc) is 2.73. The normalized spacial score (nSPS) is 25.9. The molecule has 3 rings (SSSR count). The second kappa shape index (κ2) is 4.33. The number of amides is 1. The number of carboxylic acids is 1. The molecule has 1 aromatic rings. The number of carboxylic acid groups (broad SMARTS) is 1. The van der Waals surface area contributed by atoms with Gasteiger partial charge in [0.05, 0.1) is 11.8 Å². The lowest BCUT2D eigenvalue weighted by Crippen LogP contribution is -2.17. The van der Waals surface area contributed by atoms with E-state index >= 15 is 0 Å². The summed E-state index contributed by atoms with van der Waals surface area (Å²) in [5, 5.41) is 12.0. The Morgan fingerprint density at radius 2 is 1.90 bits per heavy atom. The molecule has 0 radical (unpaired) electrons. The minimum atomic E-state index is -0.885. The van der Waals surface area contributed by atoms with Gasteiger partial charge in [0.25, 0.3) is 0 Å². The number of carbonyl (C=O) groups excluding carboxylic acids is 1. The number of nitrogens with one attached hydrogen (secondary N) is 1. The quantitative estimate of drug-likeness (QED) is 0.889. The molecule has 0 aromatic heterocycles. The molecule has 0 bridgehead atoms. The van der Waals surface area contributed by atoms with Gasteiger partial charge in [-0.05, 0) is 47.9 Å². The molecule has 0 saturated heterocycles. The molecule has 4 heteroatoms. The van der Waals surface area contributed by atoms with E-state index < -0.39 is 23.2 Å². The van der Waals surface area contributed by atoms with Crippen LogP contribution in [0.15, 0.2) is 18.2 Å². The van der Waals surface area contributed by atoms with Crippen LogP contribution in [0, 0.1) is 17.3 Å². The number of fused-ring (bicyclic) bond motifs is 1. The molecular weight excluding hydrogens is 254 g/mol. The molecule has 0 spiro atoms. The summed E-state index contributed by atoms with van der Waals surface area (Å²) < 4.78 is 0. The van der Waals surface area contributed by atoms with E-state index in [-0.39, 0.29) is 5.91 Å². The summed E-state index contributed by atoms with van der Waals surface area (Å²) in [5.74, 6) is -2.07. The van der Waals surface area contributed by atoms with E-state index in [1.54, 1.807) is 0 Å². The zero-order valence-corrected chi connectivity index (χ0v) is 11.8. The molecule has 0 aliphatic heterocycles. The SMILES string of the molecule is CC1(C)C(C(=O)O)C1C(=O)Nc1ccc2c(c1)CCC2. The third-order valence-corrected chi connectivity index (χ3v) is 4.74. The van der Waals surface area contributed by atoms with Crippen LogP contribution in [0.2, 0.25) is 0 Å². The molecule has 2 atom stereocenters. The van der Waals surface area contributed by atoms with E-state index in [1.807, 2.05) is 26.0 Å². The predicted molar refractivity (Wildman–Crippen MR) is 75.5 cm³/mol. The minimum Gasteiger partial charge on any atom is -0.481 e. The molecule has 1 saturated carbocycles. The van der Waals surface area contributed by atoms with Gasteiger partial charge < -0.3 is 10.4 Å². The van der Waals surface area contributed by atoms with Crippen LogP contribution in [0.1, 0.15) is 31.4 Å². The highest BCUT2D eigenvalue weighted by atomic mass is 16.4. The zero-order valence-electron chi connectivity index (χ0n) is 11.8. The van der Waals surface area contributed by atoms with Gasteiger partial charge in [-0.2, -0.15) is 0 Å². The Morgan fingerprint density at radius 3 is 2.55 bits per heavy atom. The van der Waals surface area contributed by atoms with Crippen molar-refractivity contribution in [1.29, 1.82) is 0 Å². The van der Waals surface area contributed by atoms with Crippen molar-refractivity contribution < 1.29 is 14.7 Å². The predicted octanol–water partition coefficient (Wildman–Crippen LogP) is 2.47. The number of anilines is 1. The highest BCUT2D eigenvalue weighted by Crippen LogP contribution is 2.58. The van der Waals surface area contributed by atoms with Crippen molar-refractivity contribution in [1.82, 2.24) is 0 Å². The third kappa shape index (κ3) is 1.99. The van der Waals surface area contributed by atoms with Gasteiger partial charge in [0.1, 0.15) is 0 Å². The summed E-state index contributed by atoms with van der Waals surface area (Å²) in [4.78, 5) is 23.3. The second-order valence-electron chi connectivity index (χ2n) is 6.44. The number of hydrogen-bond acceptors (Lipinski definition) is 2. The third-order valence-electron chi connectivity index (χ3n) is 4.74. The molecule has 2 unspecified atom stereocenters. The molecule has 2 N–H and O–H groups in total. The summed E-state index contributed by atoms with van der Waals surface area (Å²) in [6.07, 6.45) is 3.34. The zero-order chi connectivity index (χ0) is 14.5. The molecular formula is C16H19NO3. The van der Waals surface area contributed by atoms with Gasteiger partial charge in [0, 0.05) is 5.69 Å². The molecule has 1 amide bonds. The minimum absolute atomic E-state index is 0.180. The van der Waals surface area contributed by atoms with Crippen LogP contribution < -0.4 is 5.32 Å². The molecule has 0 heterocycles. The average molecular weight is 273 g/mol. The maximum atomic E-state index is 12.2. The van der Waals surface area contributed by atoms with E-state index in [2.05, 4.69) is 11.4 Å². The lowest BCUT2D eigenvalue weighted by atomic mass is 10.1. The fraction of sp³-hybridized carbons (Fsp3) is 0.500. The Bertz CT molecular complexity index is 591. The van der Waals surface area contributed by atoms with E-state index in [4.69, 9.17) is 5.11 Å².